The Morgan fingerprint density at radius 1 is 1.26 bits per heavy atom. The molecule has 0 bridgehead atoms. The smallest absolute Gasteiger partial charge is 0.106 e. The highest BCUT2D eigenvalue weighted by Gasteiger charge is 2.25. The second kappa shape index (κ2) is 8.24. The Labute approximate surface area is 121 Å². The van der Waals surface area contributed by atoms with Gasteiger partial charge in [0.05, 0.1) is 6.07 Å². The molecule has 3 heteroatoms. The van der Waals surface area contributed by atoms with Gasteiger partial charge in [0.1, 0.15) is 5.54 Å². The first-order valence-electron chi connectivity index (χ1n) is 7.01. The molecule has 0 aromatic heterocycles. The van der Waals surface area contributed by atoms with Gasteiger partial charge in [0.25, 0.3) is 0 Å². The lowest BCUT2D eigenvalue weighted by Gasteiger charge is -2.25. The van der Waals surface area contributed by atoms with Gasteiger partial charge in [0, 0.05) is 4.90 Å². The molecule has 1 aromatic carbocycles. The van der Waals surface area contributed by atoms with Crippen LogP contribution in [-0.4, -0.2) is 17.8 Å². The molecule has 104 valence electrons. The van der Waals surface area contributed by atoms with Gasteiger partial charge in [-0.3, -0.25) is 5.32 Å². The van der Waals surface area contributed by atoms with Gasteiger partial charge in [-0.2, -0.15) is 5.26 Å². The van der Waals surface area contributed by atoms with Gasteiger partial charge >= 0.3 is 0 Å². The van der Waals surface area contributed by atoms with Gasteiger partial charge in [0.15, 0.2) is 0 Å². The van der Waals surface area contributed by atoms with E-state index in [0.717, 1.165) is 31.6 Å². The normalized spacial score (nSPS) is 13.8. The number of nitrogens with zero attached hydrogens (tertiary/aromatic N) is 1. The van der Waals surface area contributed by atoms with Crippen LogP contribution >= 0.6 is 11.8 Å². The number of aryl methyl sites for hydroxylation is 1. The number of nitriles is 1. The number of hydrogen-bond donors (Lipinski definition) is 1. The number of rotatable bonds is 8. The molecule has 1 atom stereocenters. The number of benzene rings is 1. The molecule has 19 heavy (non-hydrogen) atoms. The summed E-state index contributed by atoms with van der Waals surface area (Å²) in [6, 6.07) is 11.1. The molecule has 1 aromatic rings. The SMILES string of the molecule is CCNC(C#N)(CC)CCCSc1ccc(C)cc1. The average molecular weight is 276 g/mol. The van der Waals surface area contributed by atoms with Crippen LogP contribution in [0, 0.1) is 18.3 Å². The summed E-state index contributed by atoms with van der Waals surface area (Å²) >= 11 is 1.87. The highest BCUT2D eigenvalue weighted by atomic mass is 32.2. The van der Waals surface area contributed by atoms with Crippen LogP contribution in [0.25, 0.3) is 0 Å². The monoisotopic (exact) mass is 276 g/mol. The summed E-state index contributed by atoms with van der Waals surface area (Å²) in [7, 11) is 0. The third-order valence-electron chi connectivity index (χ3n) is 3.37. The van der Waals surface area contributed by atoms with Gasteiger partial charge in [0.2, 0.25) is 0 Å². The standard InChI is InChI=1S/C16H24N2S/c1-4-16(13-17,18-5-2)11-6-12-19-15-9-7-14(3)8-10-15/h7-10,18H,4-6,11-12H2,1-3H3. The maximum absolute atomic E-state index is 9.34. The van der Waals surface area contributed by atoms with Crippen molar-refractivity contribution in [3.63, 3.8) is 0 Å². The second-order valence-electron chi connectivity index (χ2n) is 4.84. The van der Waals surface area contributed by atoms with E-state index in [1.165, 1.54) is 10.5 Å². The summed E-state index contributed by atoms with van der Waals surface area (Å²) in [6.45, 7) is 7.10. The summed E-state index contributed by atoms with van der Waals surface area (Å²) in [5.41, 5.74) is 0.966. The Morgan fingerprint density at radius 2 is 1.95 bits per heavy atom. The molecular weight excluding hydrogens is 252 g/mol. The number of nitrogens with one attached hydrogen (secondary N) is 1. The van der Waals surface area contributed by atoms with Gasteiger partial charge in [-0.1, -0.05) is 31.5 Å². The fourth-order valence-corrected chi connectivity index (χ4v) is 2.95. The summed E-state index contributed by atoms with van der Waals surface area (Å²) in [5, 5.41) is 12.7. The predicted octanol–water partition coefficient (Wildman–Crippen LogP) is 4.15. The molecule has 0 radical (unpaired) electrons. The lowest BCUT2D eigenvalue weighted by molar-refractivity contribution is 0.379. The maximum atomic E-state index is 9.34. The van der Waals surface area contributed by atoms with E-state index in [0.29, 0.717) is 0 Å². The van der Waals surface area contributed by atoms with Crippen LogP contribution in [0.2, 0.25) is 0 Å². The lowest BCUT2D eigenvalue weighted by atomic mass is 9.92. The molecule has 0 aliphatic rings. The summed E-state index contributed by atoms with van der Waals surface area (Å²) in [5.74, 6) is 1.07. The van der Waals surface area contributed by atoms with E-state index in [-0.39, 0.29) is 5.54 Å². The molecule has 0 saturated heterocycles. The molecule has 1 rings (SSSR count). The zero-order valence-corrected chi connectivity index (χ0v) is 13.0. The van der Waals surface area contributed by atoms with Crippen molar-refractivity contribution in [3.8, 4) is 6.07 Å². The van der Waals surface area contributed by atoms with E-state index in [2.05, 4.69) is 56.4 Å². The molecular formula is C16H24N2S. The van der Waals surface area contributed by atoms with Crippen molar-refractivity contribution < 1.29 is 0 Å². The highest BCUT2D eigenvalue weighted by molar-refractivity contribution is 7.99. The maximum Gasteiger partial charge on any atom is 0.106 e. The van der Waals surface area contributed by atoms with Crippen LogP contribution in [0.1, 0.15) is 38.7 Å². The van der Waals surface area contributed by atoms with Crippen molar-refractivity contribution >= 4 is 11.8 Å². The van der Waals surface area contributed by atoms with Crippen molar-refractivity contribution in [3.05, 3.63) is 29.8 Å². The van der Waals surface area contributed by atoms with Crippen molar-refractivity contribution in [2.75, 3.05) is 12.3 Å². The Kier molecular flexibility index (Phi) is 6.97. The molecule has 2 nitrogen and oxygen atoms in total. The number of thioether (sulfide) groups is 1. The quantitative estimate of drug-likeness (QED) is 0.572. The first-order valence-corrected chi connectivity index (χ1v) is 8.00. The van der Waals surface area contributed by atoms with Gasteiger partial charge < -0.3 is 0 Å². The molecule has 0 saturated carbocycles. The topological polar surface area (TPSA) is 35.8 Å². The zero-order valence-electron chi connectivity index (χ0n) is 12.2. The molecule has 1 N–H and O–H groups in total. The van der Waals surface area contributed by atoms with E-state index < -0.39 is 0 Å². The van der Waals surface area contributed by atoms with E-state index in [4.69, 9.17) is 0 Å². The third kappa shape index (κ3) is 5.26. The molecule has 0 amide bonds. The van der Waals surface area contributed by atoms with Gasteiger partial charge in [-0.15, -0.1) is 11.8 Å². The fraction of sp³-hybridized carbons (Fsp3) is 0.562. The Bertz CT molecular complexity index is 408. The minimum atomic E-state index is -0.331. The largest absolute Gasteiger partial charge is 0.300 e. The van der Waals surface area contributed by atoms with E-state index >= 15 is 0 Å². The van der Waals surface area contributed by atoms with E-state index in [9.17, 15) is 5.26 Å². The van der Waals surface area contributed by atoms with Crippen molar-refractivity contribution in [2.45, 2.75) is 50.5 Å². The van der Waals surface area contributed by atoms with Crippen molar-refractivity contribution in [1.82, 2.24) is 5.32 Å². The van der Waals surface area contributed by atoms with Crippen LogP contribution in [0.4, 0.5) is 0 Å². The average Bonchev–Trinajstić information content (AvgIpc) is 2.44. The first kappa shape index (κ1) is 16.1. The van der Waals surface area contributed by atoms with E-state index in [1.807, 2.05) is 11.8 Å². The van der Waals surface area contributed by atoms with Crippen LogP contribution < -0.4 is 5.32 Å². The summed E-state index contributed by atoms with van der Waals surface area (Å²) < 4.78 is 0. The minimum Gasteiger partial charge on any atom is -0.300 e. The molecule has 0 fully saturated rings. The van der Waals surface area contributed by atoms with Crippen LogP contribution in [0.3, 0.4) is 0 Å². The molecule has 0 aliphatic carbocycles. The molecule has 0 aliphatic heterocycles. The molecule has 0 spiro atoms. The fourth-order valence-electron chi connectivity index (χ4n) is 2.10. The van der Waals surface area contributed by atoms with Crippen molar-refractivity contribution in [1.29, 1.82) is 5.26 Å². The first-order chi connectivity index (χ1) is 9.15. The van der Waals surface area contributed by atoms with Gasteiger partial charge in [-0.25, -0.2) is 0 Å². The predicted molar refractivity (Wildman–Crippen MR) is 83.4 cm³/mol. The van der Waals surface area contributed by atoms with Crippen LogP contribution in [0.15, 0.2) is 29.2 Å². The molecule has 0 heterocycles. The second-order valence-corrected chi connectivity index (χ2v) is 6.01. The summed E-state index contributed by atoms with van der Waals surface area (Å²) in [6.07, 6.45) is 2.85. The third-order valence-corrected chi connectivity index (χ3v) is 4.47. The molecule has 1 unspecified atom stereocenters. The Morgan fingerprint density at radius 3 is 2.47 bits per heavy atom. The Balaban J connectivity index is 2.37. The van der Waals surface area contributed by atoms with Crippen LogP contribution in [0.5, 0.6) is 0 Å². The minimum absolute atomic E-state index is 0.331. The Hall–Kier alpha value is -0.980. The number of hydrogen-bond acceptors (Lipinski definition) is 3. The van der Waals surface area contributed by atoms with E-state index in [1.54, 1.807) is 0 Å². The van der Waals surface area contributed by atoms with Gasteiger partial charge in [-0.05, 0) is 50.6 Å². The zero-order chi connectivity index (χ0) is 14.1. The lowest BCUT2D eigenvalue weighted by Crippen LogP contribution is -2.43. The van der Waals surface area contributed by atoms with Crippen molar-refractivity contribution in [2.24, 2.45) is 0 Å². The van der Waals surface area contributed by atoms with Crippen LogP contribution in [-0.2, 0) is 0 Å². The highest BCUT2D eigenvalue weighted by Crippen LogP contribution is 2.23. The summed E-state index contributed by atoms with van der Waals surface area (Å²) in [4.78, 5) is 1.31.